The van der Waals surface area contributed by atoms with Gasteiger partial charge < -0.3 is 20.4 Å². The second-order valence-corrected chi connectivity index (χ2v) is 10.7. The van der Waals surface area contributed by atoms with Gasteiger partial charge in [0.05, 0.1) is 23.6 Å². The monoisotopic (exact) mass is 588 g/mol. The number of ether oxygens (including phenoxy) is 1. The molecule has 0 spiro atoms. The van der Waals surface area contributed by atoms with Crippen LogP contribution in [0.2, 0.25) is 5.02 Å². The number of benzene rings is 2. The average molecular weight is 589 g/mol. The van der Waals surface area contributed by atoms with Crippen molar-refractivity contribution in [2.45, 2.75) is 58.7 Å². The smallest absolute Gasteiger partial charge is 0.252 e. The molecule has 2 amide bonds. The number of aldehydes is 1. The lowest BCUT2D eigenvalue weighted by atomic mass is 9.84. The first-order chi connectivity index (χ1) is 19.2. The van der Waals surface area contributed by atoms with E-state index in [1.807, 2.05) is 0 Å². The zero-order valence-electron chi connectivity index (χ0n) is 22.7. The van der Waals surface area contributed by atoms with Crippen molar-refractivity contribution in [1.29, 1.82) is 10.7 Å². The summed E-state index contributed by atoms with van der Waals surface area (Å²) in [5.74, 6) is -6.19. The van der Waals surface area contributed by atoms with Gasteiger partial charge in [-0.1, -0.05) is 11.6 Å². The van der Waals surface area contributed by atoms with Crippen LogP contribution in [0.4, 0.5) is 13.2 Å². The van der Waals surface area contributed by atoms with Gasteiger partial charge in [0, 0.05) is 22.4 Å². The van der Waals surface area contributed by atoms with Gasteiger partial charge in [-0.25, -0.2) is 13.2 Å². The zero-order valence-corrected chi connectivity index (χ0v) is 23.5. The summed E-state index contributed by atoms with van der Waals surface area (Å²) in [6.45, 7) is 6.06. The Morgan fingerprint density at radius 3 is 2.37 bits per heavy atom. The lowest BCUT2D eigenvalue weighted by Gasteiger charge is -2.38. The van der Waals surface area contributed by atoms with Gasteiger partial charge in [0.15, 0.2) is 29.4 Å². The molecule has 1 saturated heterocycles. The molecule has 2 N–H and O–H groups in total. The Labute approximate surface area is 240 Å². The van der Waals surface area contributed by atoms with Gasteiger partial charge in [0.25, 0.3) is 5.91 Å². The minimum absolute atomic E-state index is 0.0938. The molecule has 0 aliphatic carbocycles. The number of carbonyl (C=O) groups is 3. The quantitative estimate of drug-likeness (QED) is 0.169. The van der Waals surface area contributed by atoms with Gasteiger partial charge in [-0.05, 0) is 76.4 Å². The molecule has 0 bridgehead atoms. The van der Waals surface area contributed by atoms with Crippen LogP contribution >= 0.6 is 11.6 Å². The molecule has 41 heavy (non-hydrogen) atoms. The van der Waals surface area contributed by atoms with E-state index in [-0.39, 0.29) is 17.0 Å². The van der Waals surface area contributed by atoms with Crippen LogP contribution in [0.3, 0.4) is 0 Å². The molecule has 0 aromatic heterocycles. The highest BCUT2D eigenvalue weighted by Gasteiger charge is 2.46. The van der Waals surface area contributed by atoms with Crippen molar-refractivity contribution in [3.8, 4) is 11.8 Å². The Bertz CT molecular complexity index is 1430. The highest BCUT2D eigenvalue weighted by molar-refractivity contribution is 6.30. The van der Waals surface area contributed by atoms with Crippen LogP contribution in [0.25, 0.3) is 0 Å². The van der Waals surface area contributed by atoms with Crippen molar-refractivity contribution < 1.29 is 32.3 Å². The number of nitrogens with zero attached hydrogens (tertiary/aromatic N) is 2. The van der Waals surface area contributed by atoms with Crippen LogP contribution in [0, 0.1) is 39.6 Å². The number of likely N-dealkylation sites (tertiary alicyclic amines) is 1. The Morgan fingerprint density at radius 1 is 1.20 bits per heavy atom. The number of rotatable bonds is 9. The predicted molar refractivity (Wildman–Crippen MR) is 145 cm³/mol. The highest BCUT2D eigenvalue weighted by atomic mass is 35.5. The molecule has 0 saturated carbocycles. The van der Waals surface area contributed by atoms with E-state index in [9.17, 15) is 32.8 Å². The molecule has 1 fully saturated rings. The minimum atomic E-state index is -1.29. The van der Waals surface area contributed by atoms with Crippen LogP contribution in [-0.4, -0.2) is 40.8 Å². The molecule has 2 unspecified atom stereocenters. The molecule has 216 valence electrons. The average Bonchev–Trinajstić information content (AvgIpc) is 3.34. The SMILES string of the molecule is CC(=N)/C=C(\C=O)Oc1c(F)cc(C(=O)N[C@H](C)C(=O)N2C(c3cc(F)cc(Cl)c3)CCC2C(C)(C)C#N)cc1F. The van der Waals surface area contributed by atoms with Crippen molar-refractivity contribution in [3.63, 3.8) is 0 Å². The molecule has 2 aromatic carbocycles. The summed E-state index contributed by atoms with van der Waals surface area (Å²) in [6, 6.07) is 5.06. The molecule has 3 atom stereocenters. The van der Waals surface area contributed by atoms with Crippen LogP contribution in [-0.2, 0) is 9.59 Å². The Hall–Kier alpha value is -4.17. The van der Waals surface area contributed by atoms with Crippen LogP contribution in [0.1, 0.15) is 62.5 Å². The van der Waals surface area contributed by atoms with Crippen molar-refractivity contribution >= 4 is 35.4 Å². The van der Waals surface area contributed by atoms with E-state index >= 15 is 0 Å². The lowest BCUT2D eigenvalue weighted by molar-refractivity contribution is -0.137. The number of halogens is 4. The fraction of sp³-hybridized carbons (Fsp3) is 0.345. The van der Waals surface area contributed by atoms with E-state index in [0.29, 0.717) is 30.5 Å². The van der Waals surface area contributed by atoms with E-state index < -0.39 is 69.9 Å². The first-order valence-electron chi connectivity index (χ1n) is 12.6. The lowest BCUT2D eigenvalue weighted by Crippen LogP contribution is -2.52. The van der Waals surface area contributed by atoms with Gasteiger partial charge in [-0.3, -0.25) is 14.4 Å². The van der Waals surface area contributed by atoms with E-state index in [2.05, 4.69) is 11.4 Å². The third-order valence-electron chi connectivity index (χ3n) is 6.70. The van der Waals surface area contributed by atoms with E-state index in [1.165, 1.54) is 30.9 Å². The normalized spacial score (nSPS) is 17.9. The maximum Gasteiger partial charge on any atom is 0.252 e. The molecule has 8 nitrogen and oxygen atoms in total. The summed E-state index contributed by atoms with van der Waals surface area (Å²) < 4.78 is 48.5. The minimum Gasteiger partial charge on any atom is -0.448 e. The Kier molecular flexibility index (Phi) is 9.61. The summed E-state index contributed by atoms with van der Waals surface area (Å²) in [5.41, 5.74) is -1.11. The molecule has 1 aliphatic rings. The molecule has 1 heterocycles. The zero-order chi connectivity index (χ0) is 30.6. The molecule has 0 radical (unpaired) electrons. The molecular formula is C29H28ClF3N4O4. The number of amides is 2. The summed E-state index contributed by atoms with van der Waals surface area (Å²) in [4.78, 5) is 39.2. The standard InChI is InChI=1S/C29H28ClF3N4O4/c1-15(35)7-21(13-38)41-26-22(32)10-18(11-23(26)33)27(39)36-16(2)28(40)37-24(5-6-25(37)29(3,4)14-34)17-8-19(30)12-20(31)9-17/h7-13,16,24-25,35H,5-6H2,1-4H3,(H,36,39)/b21-7+,35-15?/t16-,24?,25?/m1/s1. The predicted octanol–water partition coefficient (Wildman–Crippen LogP) is 5.66. The van der Waals surface area contributed by atoms with E-state index in [0.717, 1.165) is 12.1 Å². The van der Waals surface area contributed by atoms with Crippen LogP contribution in [0.5, 0.6) is 5.75 Å². The third kappa shape index (κ3) is 7.13. The number of carbonyl (C=O) groups excluding carboxylic acids is 3. The fourth-order valence-corrected chi connectivity index (χ4v) is 5.00. The molecule has 3 rings (SSSR count). The second kappa shape index (κ2) is 12.6. The van der Waals surface area contributed by atoms with Crippen molar-refractivity contribution in [2.24, 2.45) is 5.41 Å². The molecule has 1 aliphatic heterocycles. The van der Waals surface area contributed by atoms with Gasteiger partial charge >= 0.3 is 0 Å². The maximum atomic E-state index is 14.7. The number of allylic oxidation sites excluding steroid dienone is 2. The molecular weight excluding hydrogens is 561 g/mol. The number of nitriles is 1. The van der Waals surface area contributed by atoms with Crippen LogP contribution in [0.15, 0.2) is 42.2 Å². The summed E-state index contributed by atoms with van der Waals surface area (Å²) in [5, 5.41) is 19.7. The largest absolute Gasteiger partial charge is 0.448 e. The van der Waals surface area contributed by atoms with Crippen molar-refractivity contribution in [1.82, 2.24) is 10.2 Å². The van der Waals surface area contributed by atoms with E-state index in [1.54, 1.807) is 13.8 Å². The van der Waals surface area contributed by atoms with Gasteiger partial charge in [-0.2, -0.15) is 5.26 Å². The summed E-state index contributed by atoms with van der Waals surface area (Å²) in [6.07, 6.45) is 1.98. The number of hydrogen-bond donors (Lipinski definition) is 2. The van der Waals surface area contributed by atoms with Gasteiger partial charge in [-0.15, -0.1) is 0 Å². The second-order valence-electron chi connectivity index (χ2n) is 10.3. The number of nitrogens with one attached hydrogen (secondary N) is 2. The van der Waals surface area contributed by atoms with Crippen molar-refractivity contribution in [2.75, 3.05) is 0 Å². The molecule has 12 heteroatoms. The Balaban J connectivity index is 1.88. The first kappa shape index (κ1) is 31.4. The van der Waals surface area contributed by atoms with Gasteiger partial charge in [0.2, 0.25) is 5.91 Å². The molecule has 2 aromatic rings. The summed E-state index contributed by atoms with van der Waals surface area (Å²) in [7, 11) is 0. The number of hydrogen-bond acceptors (Lipinski definition) is 6. The van der Waals surface area contributed by atoms with Gasteiger partial charge in [0.1, 0.15) is 11.9 Å². The maximum absolute atomic E-state index is 14.7. The topological polar surface area (TPSA) is 123 Å². The summed E-state index contributed by atoms with van der Waals surface area (Å²) >= 11 is 6.05. The van der Waals surface area contributed by atoms with Crippen molar-refractivity contribution in [3.05, 3.63) is 75.8 Å². The third-order valence-corrected chi connectivity index (χ3v) is 6.92. The van der Waals surface area contributed by atoms with E-state index in [4.69, 9.17) is 21.7 Å². The Morgan fingerprint density at radius 2 is 1.83 bits per heavy atom. The first-order valence-corrected chi connectivity index (χ1v) is 13.0. The fourth-order valence-electron chi connectivity index (χ4n) is 4.77. The van der Waals surface area contributed by atoms with Crippen LogP contribution < -0.4 is 10.1 Å². The highest BCUT2D eigenvalue weighted by Crippen LogP contribution is 2.44.